The normalized spacial score (nSPS) is 10.1. The maximum Gasteiger partial charge on any atom is 0.311 e. The fourth-order valence-electron chi connectivity index (χ4n) is 1.48. The molecule has 1 aromatic heterocycles. The highest BCUT2D eigenvalue weighted by atomic mass is 16.4. The van der Waals surface area contributed by atoms with E-state index >= 15 is 0 Å². The Kier molecular flexibility index (Phi) is 3.00. The first-order chi connectivity index (χ1) is 8.16. The third kappa shape index (κ3) is 2.57. The Morgan fingerprint density at radius 3 is 2.76 bits per heavy atom. The zero-order valence-electron chi connectivity index (χ0n) is 8.91. The minimum absolute atomic E-state index is 0.375. The van der Waals surface area contributed by atoms with Crippen molar-refractivity contribution in [3.8, 4) is 5.69 Å². The maximum atomic E-state index is 11.6. The summed E-state index contributed by atoms with van der Waals surface area (Å²) < 4.78 is 1.61. The summed E-state index contributed by atoms with van der Waals surface area (Å²) in [5.74, 6) is -1.54. The van der Waals surface area contributed by atoms with Gasteiger partial charge in [-0.05, 0) is 18.2 Å². The number of nitrogens with zero attached hydrogens (tertiary/aromatic N) is 2. The summed E-state index contributed by atoms with van der Waals surface area (Å²) in [5, 5.41) is 12.6. The Hall–Kier alpha value is -2.43. The lowest BCUT2D eigenvalue weighted by atomic mass is 10.1. The van der Waals surface area contributed by atoms with Crippen LogP contribution in [0.1, 0.15) is 16.8 Å². The zero-order chi connectivity index (χ0) is 12.3. The van der Waals surface area contributed by atoms with Gasteiger partial charge in [-0.1, -0.05) is 12.1 Å². The molecule has 0 bridgehead atoms. The van der Waals surface area contributed by atoms with Gasteiger partial charge in [-0.2, -0.15) is 5.10 Å². The molecule has 0 unspecified atom stereocenters. The van der Waals surface area contributed by atoms with E-state index < -0.39 is 18.2 Å². The van der Waals surface area contributed by atoms with Gasteiger partial charge in [-0.25, -0.2) is 4.68 Å². The molecule has 0 aliphatic heterocycles. The van der Waals surface area contributed by atoms with Gasteiger partial charge >= 0.3 is 5.97 Å². The highest BCUT2D eigenvalue weighted by Gasteiger charge is 2.11. The predicted octanol–water partition coefficient (Wildman–Crippen LogP) is 1.53. The van der Waals surface area contributed by atoms with Crippen LogP contribution in [0.2, 0.25) is 0 Å². The molecule has 0 radical (unpaired) electrons. The number of Topliss-reactive ketones (excluding diaryl/α,β-unsaturated/α-hetero) is 1. The monoisotopic (exact) mass is 230 g/mol. The van der Waals surface area contributed by atoms with E-state index in [1.807, 2.05) is 0 Å². The minimum atomic E-state index is -1.13. The molecule has 0 atom stereocenters. The molecule has 2 aromatic rings. The molecule has 2 rings (SSSR count). The summed E-state index contributed by atoms with van der Waals surface area (Å²) in [7, 11) is 0. The van der Waals surface area contributed by atoms with Crippen LogP contribution in [0.5, 0.6) is 0 Å². The summed E-state index contributed by atoms with van der Waals surface area (Å²) in [6.07, 6.45) is 2.88. The van der Waals surface area contributed by atoms with Gasteiger partial charge in [-0.15, -0.1) is 0 Å². The molecular formula is C12H10N2O3. The molecule has 5 nitrogen and oxygen atoms in total. The van der Waals surface area contributed by atoms with E-state index in [-0.39, 0.29) is 0 Å². The van der Waals surface area contributed by atoms with Crippen molar-refractivity contribution in [3.63, 3.8) is 0 Å². The number of benzene rings is 1. The first kappa shape index (κ1) is 11.1. The zero-order valence-corrected chi connectivity index (χ0v) is 8.91. The van der Waals surface area contributed by atoms with Crippen molar-refractivity contribution in [2.75, 3.05) is 0 Å². The van der Waals surface area contributed by atoms with E-state index in [9.17, 15) is 9.59 Å². The molecular weight excluding hydrogens is 220 g/mol. The fourth-order valence-corrected chi connectivity index (χ4v) is 1.48. The summed E-state index contributed by atoms with van der Waals surface area (Å²) in [5.41, 5.74) is 1.10. The smallest absolute Gasteiger partial charge is 0.311 e. The molecule has 0 aliphatic carbocycles. The van der Waals surface area contributed by atoms with Crippen LogP contribution >= 0.6 is 0 Å². The topological polar surface area (TPSA) is 72.2 Å². The molecule has 17 heavy (non-hydrogen) atoms. The van der Waals surface area contributed by atoms with Crippen LogP contribution in [0.25, 0.3) is 5.69 Å². The van der Waals surface area contributed by atoms with Gasteiger partial charge in [0, 0.05) is 18.0 Å². The molecule has 1 N–H and O–H groups in total. The lowest BCUT2D eigenvalue weighted by Crippen LogP contribution is -2.07. The molecule has 0 fully saturated rings. The lowest BCUT2D eigenvalue weighted by Gasteiger charge is -2.03. The van der Waals surface area contributed by atoms with Crippen molar-refractivity contribution in [1.29, 1.82) is 0 Å². The first-order valence-corrected chi connectivity index (χ1v) is 5.02. The van der Waals surface area contributed by atoms with Gasteiger partial charge in [0.1, 0.15) is 6.42 Å². The number of aromatic nitrogens is 2. The highest BCUT2D eigenvalue weighted by molar-refractivity contribution is 6.05. The SMILES string of the molecule is O=C(O)CC(=O)c1cccc(-n2cccn2)c1. The summed E-state index contributed by atoms with van der Waals surface area (Å²) in [4.78, 5) is 22.0. The maximum absolute atomic E-state index is 11.6. The van der Waals surface area contributed by atoms with Crippen LogP contribution in [0.15, 0.2) is 42.7 Å². The predicted molar refractivity (Wildman–Crippen MR) is 60.1 cm³/mol. The molecule has 86 valence electrons. The molecule has 1 aromatic carbocycles. The number of carbonyl (C=O) groups is 2. The summed E-state index contributed by atoms with van der Waals surface area (Å²) in [6, 6.07) is 8.49. The van der Waals surface area contributed by atoms with Crippen molar-refractivity contribution in [1.82, 2.24) is 9.78 Å². The van der Waals surface area contributed by atoms with Gasteiger partial charge in [-0.3, -0.25) is 9.59 Å². The van der Waals surface area contributed by atoms with Crippen molar-refractivity contribution < 1.29 is 14.7 Å². The number of carboxylic acids is 1. The van der Waals surface area contributed by atoms with Gasteiger partial charge in [0.05, 0.1) is 5.69 Å². The van der Waals surface area contributed by atoms with E-state index in [4.69, 9.17) is 5.11 Å². The summed E-state index contributed by atoms with van der Waals surface area (Å²) in [6.45, 7) is 0. The molecule has 0 saturated carbocycles. The van der Waals surface area contributed by atoms with Gasteiger partial charge in [0.2, 0.25) is 0 Å². The van der Waals surface area contributed by atoms with Crippen molar-refractivity contribution in [2.24, 2.45) is 0 Å². The number of hydrogen-bond donors (Lipinski definition) is 1. The van der Waals surface area contributed by atoms with Crippen molar-refractivity contribution >= 4 is 11.8 Å². The standard InChI is InChI=1S/C12H10N2O3/c15-11(8-12(16)17)9-3-1-4-10(7-9)14-6-2-5-13-14/h1-7H,8H2,(H,16,17). The molecule has 5 heteroatoms. The molecule has 0 spiro atoms. The lowest BCUT2D eigenvalue weighted by molar-refractivity contribution is -0.135. The number of hydrogen-bond acceptors (Lipinski definition) is 3. The van der Waals surface area contributed by atoms with Crippen LogP contribution in [0.3, 0.4) is 0 Å². The number of ketones is 1. The third-order valence-electron chi connectivity index (χ3n) is 2.25. The third-order valence-corrected chi connectivity index (χ3v) is 2.25. The molecule has 0 aliphatic rings. The van der Waals surface area contributed by atoms with Gasteiger partial charge < -0.3 is 5.11 Å². The Morgan fingerprint density at radius 2 is 2.12 bits per heavy atom. The minimum Gasteiger partial charge on any atom is -0.481 e. The Bertz CT molecular complexity index is 547. The first-order valence-electron chi connectivity index (χ1n) is 5.02. The Labute approximate surface area is 97.3 Å². The van der Waals surface area contributed by atoms with Crippen LogP contribution < -0.4 is 0 Å². The van der Waals surface area contributed by atoms with E-state index in [1.54, 1.807) is 47.4 Å². The average Bonchev–Trinajstić information content (AvgIpc) is 2.82. The quantitative estimate of drug-likeness (QED) is 0.638. The van der Waals surface area contributed by atoms with E-state index in [2.05, 4.69) is 5.10 Å². The number of rotatable bonds is 4. The summed E-state index contributed by atoms with van der Waals surface area (Å²) >= 11 is 0. The van der Waals surface area contributed by atoms with Crippen LogP contribution in [0.4, 0.5) is 0 Å². The van der Waals surface area contributed by atoms with Crippen molar-refractivity contribution in [2.45, 2.75) is 6.42 Å². The highest BCUT2D eigenvalue weighted by Crippen LogP contribution is 2.11. The molecule has 0 saturated heterocycles. The van der Waals surface area contributed by atoms with Gasteiger partial charge in [0.15, 0.2) is 5.78 Å². The second-order valence-corrected chi connectivity index (χ2v) is 3.49. The Balaban J connectivity index is 2.29. The van der Waals surface area contributed by atoms with E-state index in [0.29, 0.717) is 5.56 Å². The average molecular weight is 230 g/mol. The number of aliphatic carboxylic acids is 1. The molecule has 1 heterocycles. The number of carbonyl (C=O) groups excluding carboxylic acids is 1. The van der Waals surface area contributed by atoms with Crippen LogP contribution in [-0.2, 0) is 4.79 Å². The van der Waals surface area contributed by atoms with Crippen LogP contribution in [-0.4, -0.2) is 26.6 Å². The van der Waals surface area contributed by atoms with E-state index in [0.717, 1.165) is 5.69 Å². The second kappa shape index (κ2) is 4.61. The fraction of sp³-hybridized carbons (Fsp3) is 0.0833. The molecule has 0 amide bonds. The number of carboxylic acid groups (broad SMARTS) is 1. The Morgan fingerprint density at radius 1 is 1.29 bits per heavy atom. The van der Waals surface area contributed by atoms with Crippen molar-refractivity contribution in [3.05, 3.63) is 48.3 Å². The largest absolute Gasteiger partial charge is 0.481 e. The van der Waals surface area contributed by atoms with Crippen LogP contribution in [0, 0.1) is 0 Å². The van der Waals surface area contributed by atoms with Gasteiger partial charge in [0.25, 0.3) is 0 Å². The second-order valence-electron chi connectivity index (χ2n) is 3.49. The van der Waals surface area contributed by atoms with E-state index in [1.165, 1.54) is 0 Å².